The monoisotopic (exact) mass is 228 g/mol. The van der Waals surface area contributed by atoms with Gasteiger partial charge in [-0.05, 0) is 6.92 Å². The standard InChI is InChI=1S/C10H10N7/c1-2-17-10-7(9(11)12-5-13-10)8(16-17)6-3-14-15-4-6/h3-5H,1-2H2,(H,14,15)(H2,11,12,13). The number of nitrogens with two attached hydrogens (primary N) is 1. The number of anilines is 1. The zero-order chi connectivity index (χ0) is 11.8. The van der Waals surface area contributed by atoms with Gasteiger partial charge < -0.3 is 5.73 Å². The maximum atomic E-state index is 5.88. The fourth-order valence-corrected chi connectivity index (χ4v) is 1.77. The van der Waals surface area contributed by atoms with Crippen LogP contribution < -0.4 is 5.73 Å². The van der Waals surface area contributed by atoms with Crippen molar-refractivity contribution in [1.82, 2.24) is 29.9 Å². The fraction of sp³-hybridized carbons (Fsp3) is 0.100. The average molecular weight is 228 g/mol. The van der Waals surface area contributed by atoms with Crippen molar-refractivity contribution in [1.29, 1.82) is 0 Å². The van der Waals surface area contributed by atoms with E-state index in [0.717, 1.165) is 16.6 Å². The Labute approximate surface area is 96.7 Å². The Morgan fingerprint density at radius 3 is 3.00 bits per heavy atom. The molecule has 3 heterocycles. The second-order valence-corrected chi connectivity index (χ2v) is 3.52. The molecule has 85 valence electrons. The van der Waals surface area contributed by atoms with Gasteiger partial charge in [-0.2, -0.15) is 10.2 Å². The molecule has 7 heteroatoms. The van der Waals surface area contributed by atoms with Gasteiger partial charge in [0.05, 0.1) is 11.6 Å². The topological polar surface area (TPSA) is 98.3 Å². The Balaban J connectivity index is 2.39. The van der Waals surface area contributed by atoms with Gasteiger partial charge in [-0.1, -0.05) is 0 Å². The van der Waals surface area contributed by atoms with Crippen molar-refractivity contribution >= 4 is 16.9 Å². The summed E-state index contributed by atoms with van der Waals surface area (Å²) in [6.45, 7) is 4.28. The molecular weight excluding hydrogens is 218 g/mol. The molecule has 0 fully saturated rings. The van der Waals surface area contributed by atoms with Crippen molar-refractivity contribution in [2.75, 3.05) is 5.73 Å². The van der Waals surface area contributed by atoms with Crippen LogP contribution in [0.1, 0.15) is 0 Å². The molecule has 0 aliphatic carbocycles. The highest BCUT2D eigenvalue weighted by molar-refractivity contribution is 5.97. The lowest BCUT2D eigenvalue weighted by Crippen LogP contribution is -1.98. The van der Waals surface area contributed by atoms with Gasteiger partial charge in [0, 0.05) is 18.3 Å². The third kappa shape index (κ3) is 1.36. The van der Waals surface area contributed by atoms with E-state index >= 15 is 0 Å². The number of fused-ring (bicyclic) bond motifs is 1. The van der Waals surface area contributed by atoms with E-state index < -0.39 is 0 Å². The van der Waals surface area contributed by atoms with Crippen LogP contribution in [0.4, 0.5) is 5.82 Å². The van der Waals surface area contributed by atoms with Gasteiger partial charge in [0.1, 0.15) is 17.8 Å². The van der Waals surface area contributed by atoms with Gasteiger partial charge in [-0.15, -0.1) is 0 Å². The molecule has 0 atom stereocenters. The van der Waals surface area contributed by atoms with E-state index in [9.17, 15) is 0 Å². The lowest BCUT2D eigenvalue weighted by atomic mass is 10.2. The van der Waals surface area contributed by atoms with E-state index in [0.29, 0.717) is 18.0 Å². The molecule has 0 saturated heterocycles. The number of aromatic amines is 1. The maximum Gasteiger partial charge on any atom is 0.163 e. The highest BCUT2D eigenvalue weighted by Gasteiger charge is 2.16. The number of nitrogens with one attached hydrogen (secondary N) is 1. The number of hydrogen-bond donors (Lipinski definition) is 2. The van der Waals surface area contributed by atoms with Crippen molar-refractivity contribution in [3.05, 3.63) is 25.6 Å². The molecule has 3 N–H and O–H groups in total. The summed E-state index contributed by atoms with van der Waals surface area (Å²) >= 11 is 0. The summed E-state index contributed by atoms with van der Waals surface area (Å²) in [5.74, 6) is 0.408. The molecule has 0 unspecified atom stereocenters. The minimum absolute atomic E-state index is 0.408. The van der Waals surface area contributed by atoms with Crippen LogP contribution in [0.3, 0.4) is 0 Å². The first-order valence-corrected chi connectivity index (χ1v) is 5.06. The molecule has 0 bridgehead atoms. The summed E-state index contributed by atoms with van der Waals surface area (Å²) < 4.78 is 1.69. The molecule has 3 rings (SSSR count). The van der Waals surface area contributed by atoms with Crippen LogP contribution in [-0.2, 0) is 6.54 Å². The van der Waals surface area contributed by atoms with Crippen molar-refractivity contribution < 1.29 is 0 Å². The number of rotatable bonds is 2. The molecule has 7 nitrogen and oxygen atoms in total. The van der Waals surface area contributed by atoms with Crippen LogP contribution in [0, 0.1) is 6.92 Å². The number of aromatic nitrogens is 6. The third-order valence-corrected chi connectivity index (χ3v) is 2.54. The minimum atomic E-state index is 0.408. The van der Waals surface area contributed by atoms with Gasteiger partial charge in [0.2, 0.25) is 0 Å². The summed E-state index contributed by atoms with van der Waals surface area (Å²) in [5, 5.41) is 11.8. The Bertz CT molecular complexity index is 653. The normalized spacial score (nSPS) is 11.1. The van der Waals surface area contributed by atoms with Gasteiger partial charge >= 0.3 is 0 Å². The van der Waals surface area contributed by atoms with Gasteiger partial charge in [0.25, 0.3) is 0 Å². The Hall–Kier alpha value is -2.44. The van der Waals surface area contributed by atoms with Crippen LogP contribution in [0.5, 0.6) is 0 Å². The summed E-state index contributed by atoms with van der Waals surface area (Å²) in [4.78, 5) is 8.17. The van der Waals surface area contributed by atoms with Crippen LogP contribution in [-0.4, -0.2) is 29.9 Å². The fourth-order valence-electron chi connectivity index (χ4n) is 1.77. The molecule has 0 aromatic carbocycles. The second-order valence-electron chi connectivity index (χ2n) is 3.52. The van der Waals surface area contributed by atoms with E-state index in [-0.39, 0.29) is 0 Å². The van der Waals surface area contributed by atoms with Crippen LogP contribution >= 0.6 is 0 Å². The molecule has 3 aromatic rings. The van der Waals surface area contributed by atoms with Crippen LogP contribution in [0.2, 0.25) is 0 Å². The Morgan fingerprint density at radius 1 is 1.41 bits per heavy atom. The van der Waals surface area contributed by atoms with E-state index in [1.165, 1.54) is 6.33 Å². The summed E-state index contributed by atoms with van der Waals surface area (Å²) in [6.07, 6.45) is 4.86. The third-order valence-electron chi connectivity index (χ3n) is 2.54. The zero-order valence-corrected chi connectivity index (χ0v) is 8.96. The smallest absolute Gasteiger partial charge is 0.163 e. The maximum absolute atomic E-state index is 5.88. The van der Waals surface area contributed by atoms with Crippen LogP contribution in [0.15, 0.2) is 18.7 Å². The lowest BCUT2D eigenvalue weighted by Gasteiger charge is -1.96. The summed E-state index contributed by atoms with van der Waals surface area (Å²) in [7, 11) is 0. The molecule has 3 aromatic heterocycles. The number of H-pyrrole nitrogens is 1. The first kappa shape index (κ1) is 9.76. The SMILES string of the molecule is [CH2]Cn1nc(-c2cn[nH]c2)c2c(N)ncnc21. The van der Waals surface area contributed by atoms with Gasteiger partial charge in [0.15, 0.2) is 5.65 Å². The Morgan fingerprint density at radius 2 is 2.29 bits per heavy atom. The van der Waals surface area contributed by atoms with E-state index in [1.54, 1.807) is 17.1 Å². The first-order valence-electron chi connectivity index (χ1n) is 5.06. The van der Waals surface area contributed by atoms with Crippen molar-refractivity contribution in [2.24, 2.45) is 0 Å². The highest BCUT2D eigenvalue weighted by atomic mass is 15.3. The lowest BCUT2D eigenvalue weighted by molar-refractivity contribution is 0.719. The predicted molar refractivity (Wildman–Crippen MR) is 62.7 cm³/mol. The first-order chi connectivity index (χ1) is 8.31. The minimum Gasteiger partial charge on any atom is -0.383 e. The summed E-state index contributed by atoms with van der Waals surface area (Å²) in [6, 6.07) is 0. The van der Waals surface area contributed by atoms with E-state index in [2.05, 4.69) is 32.2 Å². The van der Waals surface area contributed by atoms with Crippen LogP contribution in [0.25, 0.3) is 22.3 Å². The molecule has 0 spiro atoms. The quantitative estimate of drug-likeness (QED) is 0.670. The van der Waals surface area contributed by atoms with Crippen molar-refractivity contribution in [2.45, 2.75) is 6.54 Å². The molecule has 0 saturated carbocycles. The molecule has 0 aliphatic heterocycles. The molecule has 0 aliphatic rings. The van der Waals surface area contributed by atoms with E-state index in [1.807, 2.05) is 0 Å². The number of nitrogen functional groups attached to an aromatic ring is 1. The average Bonchev–Trinajstić information content (AvgIpc) is 2.95. The zero-order valence-electron chi connectivity index (χ0n) is 8.96. The largest absolute Gasteiger partial charge is 0.383 e. The number of nitrogens with zero attached hydrogens (tertiary/aromatic N) is 5. The van der Waals surface area contributed by atoms with Crippen molar-refractivity contribution in [3.8, 4) is 11.3 Å². The number of hydrogen-bond acceptors (Lipinski definition) is 5. The highest BCUT2D eigenvalue weighted by Crippen LogP contribution is 2.28. The predicted octanol–water partition coefficient (Wildman–Crippen LogP) is 0.633. The molecular formula is C10H10N7. The molecule has 0 amide bonds. The van der Waals surface area contributed by atoms with Gasteiger partial charge in [-0.3, -0.25) is 5.10 Å². The summed E-state index contributed by atoms with van der Waals surface area (Å²) in [5.41, 5.74) is 8.13. The van der Waals surface area contributed by atoms with Gasteiger partial charge in [-0.25, -0.2) is 14.6 Å². The van der Waals surface area contributed by atoms with Crippen molar-refractivity contribution in [3.63, 3.8) is 0 Å². The Kier molecular flexibility index (Phi) is 2.04. The molecule has 17 heavy (non-hydrogen) atoms. The molecule has 1 radical (unpaired) electrons. The van der Waals surface area contributed by atoms with E-state index in [4.69, 9.17) is 5.73 Å². The second kappa shape index (κ2) is 3.55.